The average molecular weight is 329 g/mol. The van der Waals surface area contributed by atoms with E-state index in [1.165, 1.54) is 17.3 Å². The molecule has 1 saturated heterocycles. The lowest BCUT2D eigenvalue weighted by molar-refractivity contribution is 0.121. The number of morpholine rings is 1. The van der Waals surface area contributed by atoms with E-state index in [0.29, 0.717) is 19.8 Å². The summed E-state index contributed by atoms with van der Waals surface area (Å²) < 4.78 is 7.52. The molecular formula is C16H19N5OS. The zero-order valence-corrected chi connectivity index (χ0v) is 13.9. The summed E-state index contributed by atoms with van der Waals surface area (Å²) in [5.74, 6) is 0.852. The molecule has 0 unspecified atom stereocenters. The highest BCUT2D eigenvalue weighted by atomic mass is 32.2. The van der Waals surface area contributed by atoms with Crippen LogP contribution in [0, 0.1) is 11.3 Å². The molecule has 1 aromatic carbocycles. The molecule has 0 N–H and O–H groups in total. The second-order valence-corrected chi connectivity index (χ2v) is 6.65. The molecule has 7 heteroatoms. The minimum Gasteiger partial charge on any atom is -0.378 e. The van der Waals surface area contributed by atoms with Crippen LogP contribution in [0.4, 0.5) is 5.95 Å². The molecule has 0 saturated carbocycles. The SMILES string of the molecule is C[C@@H](C#N)Sc1nnc(N2CCOCC2)n1Cc1ccccc1. The summed E-state index contributed by atoms with van der Waals surface area (Å²) in [7, 11) is 0. The van der Waals surface area contributed by atoms with E-state index in [4.69, 9.17) is 10.00 Å². The van der Waals surface area contributed by atoms with Crippen LogP contribution < -0.4 is 4.90 Å². The van der Waals surface area contributed by atoms with Crippen molar-refractivity contribution in [1.29, 1.82) is 5.26 Å². The van der Waals surface area contributed by atoms with Crippen LogP contribution in [0.2, 0.25) is 0 Å². The van der Waals surface area contributed by atoms with E-state index in [9.17, 15) is 0 Å². The highest BCUT2D eigenvalue weighted by Gasteiger charge is 2.21. The fraction of sp³-hybridized carbons (Fsp3) is 0.438. The van der Waals surface area contributed by atoms with E-state index in [1.54, 1.807) is 0 Å². The number of benzene rings is 1. The van der Waals surface area contributed by atoms with Crippen LogP contribution >= 0.6 is 11.8 Å². The molecule has 0 bridgehead atoms. The summed E-state index contributed by atoms with van der Waals surface area (Å²) in [6.45, 7) is 5.60. The monoisotopic (exact) mass is 329 g/mol. The Bertz CT molecular complexity index is 676. The van der Waals surface area contributed by atoms with Crippen molar-refractivity contribution in [3.05, 3.63) is 35.9 Å². The second-order valence-electron chi connectivity index (χ2n) is 5.34. The fourth-order valence-corrected chi connectivity index (χ4v) is 3.18. The van der Waals surface area contributed by atoms with E-state index in [-0.39, 0.29) is 5.25 Å². The molecule has 1 atom stereocenters. The molecule has 0 amide bonds. The standard InChI is InChI=1S/C16H19N5OS/c1-13(11-17)23-16-19-18-15(20-7-9-22-10-8-20)21(16)12-14-5-3-2-4-6-14/h2-6,13H,7-10,12H2,1H3/t13-/m0/s1. The number of anilines is 1. The molecule has 1 aliphatic heterocycles. The van der Waals surface area contributed by atoms with Crippen molar-refractivity contribution in [2.24, 2.45) is 0 Å². The summed E-state index contributed by atoms with van der Waals surface area (Å²) in [6.07, 6.45) is 0. The topological polar surface area (TPSA) is 67.0 Å². The maximum absolute atomic E-state index is 9.08. The lowest BCUT2D eigenvalue weighted by atomic mass is 10.2. The quantitative estimate of drug-likeness (QED) is 0.783. The molecule has 1 aromatic heterocycles. The molecule has 0 radical (unpaired) electrons. The Morgan fingerprint density at radius 3 is 2.70 bits per heavy atom. The van der Waals surface area contributed by atoms with Gasteiger partial charge in [0.05, 0.1) is 31.1 Å². The van der Waals surface area contributed by atoms with Crippen molar-refractivity contribution < 1.29 is 4.74 Å². The lowest BCUT2D eigenvalue weighted by Gasteiger charge is -2.28. The molecule has 0 spiro atoms. The Labute approximate surface area is 140 Å². The molecule has 120 valence electrons. The lowest BCUT2D eigenvalue weighted by Crippen LogP contribution is -2.38. The number of thioether (sulfide) groups is 1. The Kier molecular flexibility index (Phi) is 5.16. The number of hydrogen-bond acceptors (Lipinski definition) is 6. The molecule has 6 nitrogen and oxygen atoms in total. The van der Waals surface area contributed by atoms with Crippen LogP contribution in [0.5, 0.6) is 0 Å². The van der Waals surface area contributed by atoms with Crippen LogP contribution in [0.15, 0.2) is 35.5 Å². The summed E-state index contributed by atoms with van der Waals surface area (Å²) in [5, 5.41) is 18.4. The van der Waals surface area contributed by atoms with Crippen molar-refractivity contribution in [1.82, 2.24) is 14.8 Å². The summed E-state index contributed by atoms with van der Waals surface area (Å²) in [5.41, 5.74) is 1.19. The van der Waals surface area contributed by atoms with Gasteiger partial charge in [-0.25, -0.2) is 0 Å². The van der Waals surface area contributed by atoms with E-state index < -0.39 is 0 Å². The molecule has 1 aliphatic rings. The molecule has 1 fully saturated rings. The van der Waals surface area contributed by atoms with Crippen LogP contribution in [0.3, 0.4) is 0 Å². The third-order valence-corrected chi connectivity index (χ3v) is 4.61. The van der Waals surface area contributed by atoms with E-state index >= 15 is 0 Å². The van der Waals surface area contributed by atoms with Crippen molar-refractivity contribution in [3.8, 4) is 6.07 Å². The number of aromatic nitrogens is 3. The Morgan fingerprint density at radius 2 is 2.00 bits per heavy atom. The number of nitrogens with zero attached hydrogens (tertiary/aromatic N) is 5. The van der Waals surface area contributed by atoms with Gasteiger partial charge in [-0.05, 0) is 12.5 Å². The van der Waals surface area contributed by atoms with Crippen LogP contribution in [-0.2, 0) is 11.3 Å². The predicted octanol–water partition coefficient (Wildman–Crippen LogP) is 2.17. The molecule has 2 aromatic rings. The maximum Gasteiger partial charge on any atom is 0.228 e. The second kappa shape index (κ2) is 7.49. The Morgan fingerprint density at radius 1 is 1.26 bits per heavy atom. The first-order valence-electron chi connectivity index (χ1n) is 7.64. The van der Waals surface area contributed by atoms with E-state index in [0.717, 1.165) is 24.2 Å². The molecular weight excluding hydrogens is 310 g/mol. The van der Waals surface area contributed by atoms with Gasteiger partial charge in [0, 0.05) is 13.1 Å². The van der Waals surface area contributed by atoms with Crippen LogP contribution in [0.1, 0.15) is 12.5 Å². The minimum absolute atomic E-state index is 0.161. The first kappa shape index (κ1) is 15.8. The first-order chi connectivity index (χ1) is 11.3. The van der Waals surface area contributed by atoms with Crippen molar-refractivity contribution >= 4 is 17.7 Å². The van der Waals surface area contributed by atoms with Gasteiger partial charge in [0.15, 0.2) is 5.16 Å². The number of hydrogen-bond donors (Lipinski definition) is 0. The van der Waals surface area contributed by atoms with Crippen molar-refractivity contribution in [3.63, 3.8) is 0 Å². The molecule has 3 rings (SSSR count). The number of ether oxygens (including phenoxy) is 1. The number of rotatable bonds is 5. The molecule has 23 heavy (non-hydrogen) atoms. The third kappa shape index (κ3) is 3.84. The summed E-state index contributed by atoms with van der Waals surface area (Å²) in [6, 6.07) is 12.5. The van der Waals surface area contributed by atoms with Gasteiger partial charge in [-0.2, -0.15) is 5.26 Å². The largest absolute Gasteiger partial charge is 0.378 e. The minimum atomic E-state index is -0.161. The van der Waals surface area contributed by atoms with Gasteiger partial charge in [0.2, 0.25) is 5.95 Å². The van der Waals surface area contributed by atoms with Crippen LogP contribution in [0.25, 0.3) is 0 Å². The summed E-state index contributed by atoms with van der Waals surface area (Å²) in [4.78, 5) is 2.19. The maximum atomic E-state index is 9.08. The zero-order valence-electron chi connectivity index (χ0n) is 13.1. The van der Waals surface area contributed by atoms with E-state index in [2.05, 4.69) is 37.9 Å². The summed E-state index contributed by atoms with van der Waals surface area (Å²) >= 11 is 1.44. The first-order valence-corrected chi connectivity index (χ1v) is 8.52. The molecule has 2 heterocycles. The van der Waals surface area contributed by atoms with Crippen molar-refractivity contribution in [2.75, 3.05) is 31.2 Å². The third-order valence-electron chi connectivity index (χ3n) is 3.64. The molecule has 0 aliphatic carbocycles. The van der Waals surface area contributed by atoms with Gasteiger partial charge in [0.1, 0.15) is 0 Å². The van der Waals surface area contributed by atoms with Gasteiger partial charge in [0.25, 0.3) is 0 Å². The van der Waals surface area contributed by atoms with Gasteiger partial charge < -0.3 is 9.64 Å². The Balaban J connectivity index is 1.90. The average Bonchev–Trinajstić information content (AvgIpc) is 2.99. The van der Waals surface area contributed by atoms with Gasteiger partial charge in [-0.15, -0.1) is 10.2 Å². The smallest absolute Gasteiger partial charge is 0.228 e. The predicted molar refractivity (Wildman–Crippen MR) is 89.5 cm³/mol. The normalized spacial score (nSPS) is 16.1. The van der Waals surface area contributed by atoms with E-state index in [1.807, 2.05) is 25.1 Å². The van der Waals surface area contributed by atoms with Gasteiger partial charge in [-0.1, -0.05) is 42.1 Å². The zero-order chi connectivity index (χ0) is 16.1. The highest BCUT2D eigenvalue weighted by Crippen LogP contribution is 2.26. The number of nitriles is 1. The van der Waals surface area contributed by atoms with Gasteiger partial charge >= 0.3 is 0 Å². The Hall–Kier alpha value is -2.04. The highest BCUT2D eigenvalue weighted by molar-refractivity contribution is 8.00. The van der Waals surface area contributed by atoms with Crippen molar-refractivity contribution in [2.45, 2.75) is 23.9 Å². The van der Waals surface area contributed by atoms with Crippen LogP contribution in [-0.4, -0.2) is 46.3 Å². The fourth-order valence-electron chi connectivity index (χ4n) is 2.45. The van der Waals surface area contributed by atoms with Gasteiger partial charge in [-0.3, -0.25) is 4.57 Å².